The molecule has 0 spiro atoms. The summed E-state index contributed by atoms with van der Waals surface area (Å²) < 4.78 is 1.47. The minimum atomic E-state index is -1.05. The lowest BCUT2D eigenvalue weighted by Crippen LogP contribution is -2.44. The van der Waals surface area contributed by atoms with Gasteiger partial charge in [-0.2, -0.15) is 0 Å². The number of imide groups is 1. The summed E-state index contributed by atoms with van der Waals surface area (Å²) in [5.74, 6) is -0.996. The maximum atomic E-state index is 12.2. The van der Waals surface area contributed by atoms with Gasteiger partial charge in [0.25, 0.3) is 11.8 Å². The maximum Gasteiger partial charge on any atom is 0.408 e. The molecule has 0 saturated heterocycles. The highest BCUT2D eigenvalue weighted by Crippen LogP contribution is 2.22. The van der Waals surface area contributed by atoms with Gasteiger partial charge in [0.2, 0.25) is 0 Å². The summed E-state index contributed by atoms with van der Waals surface area (Å²) in [5, 5.41) is 18.0. The fourth-order valence-corrected chi connectivity index (χ4v) is 2.78. The Bertz CT molecular complexity index is 882. The monoisotopic (exact) mass is 387 g/mol. The molecule has 0 aliphatic carbocycles. The van der Waals surface area contributed by atoms with Crippen LogP contribution in [0.5, 0.6) is 0 Å². The average molecular weight is 387 g/mol. The van der Waals surface area contributed by atoms with Gasteiger partial charge >= 0.3 is 6.09 Å². The summed E-state index contributed by atoms with van der Waals surface area (Å²) in [6, 6.07) is 6.52. The molecule has 1 aromatic carbocycles. The Balaban J connectivity index is 1.56. The van der Waals surface area contributed by atoms with Crippen molar-refractivity contribution >= 4 is 17.9 Å². The second kappa shape index (κ2) is 7.39. The van der Waals surface area contributed by atoms with E-state index in [1.165, 1.54) is 9.58 Å². The first-order chi connectivity index (χ1) is 13.2. The highest BCUT2D eigenvalue weighted by Gasteiger charge is 2.36. The molecule has 28 heavy (non-hydrogen) atoms. The average Bonchev–Trinajstić information content (AvgIpc) is 3.17. The number of fused-ring (bicyclic) bond motifs is 1. The van der Waals surface area contributed by atoms with Crippen LogP contribution in [0.4, 0.5) is 4.79 Å². The first kappa shape index (κ1) is 19.5. The van der Waals surface area contributed by atoms with Crippen LogP contribution in [0, 0.1) is 0 Å². The van der Waals surface area contributed by atoms with Gasteiger partial charge in [-0.15, -0.1) is 10.2 Å². The number of rotatable bonds is 6. The van der Waals surface area contributed by atoms with Crippen LogP contribution >= 0.6 is 0 Å². The predicted molar refractivity (Wildman–Crippen MR) is 96.2 cm³/mol. The van der Waals surface area contributed by atoms with Crippen molar-refractivity contribution in [1.29, 1.82) is 0 Å². The maximum absolute atomic E-state index is 12.2. The number of hydrogen-bond donors (Lipinski definition) is 1. The van der Waals surface area contributed by atoms with Crippen LogP contribution in [0.1, 0.15) is 47.2 Å². The summed E-state index contributed by atoms with van der Waals surface area (Å²) >= 11 is 0. The Morgan fingerprint density at radius 1 is 1.18 bits per heavy atom. The van der Waals surface area contributed by atoms with Crippen molar-refractivity contribution in [3.05, 3.63) is 47.3 Å². The van der Waals surface area contributed by atoms with E-state index in [0.29, 0.717) is 16.8 Å². The summed E-state index contributed by atoms with van der Waals surface area (Å²) in [7, 11) is 0. The molecule has 3 amide bonds. The number of hydrogen-bond acceptors (Lipinski definition) is 6. The number of carbonyl (C=O) groups excluding carboxylic acids is 2. The SMILES string of the molecule is CC(C)(C)N(Cc1cn(CCON2C(=O)c3ccccc3C2=O)nn1)C(=O)O. The zero-order valence-electron chi connectivity index (χ0n) is 15.8. The third-order valence-corrected chi connectivity index (χ3v) is 4.24. The molecule has 0 unspecified atom stereocenters. The molecule has 1 N–H and O–H groups in total. The number of carbonyl (C=O) groups is 3. The topological polar surface area (TPSA) is 118 Å². The number of nitrogens with zero attached hydrogens (tertiary/aromatic N) is 5. The molecule has 2 heterocycles. The lowest BCUT2D eigenvalue weighted by atomic mass is 10.1. The number of benzene rings is 1. The molecule has 1 aliphatic heterocycles. The van der Waals surface area contributed by atoms with E-state index in [-0.39, 0.29) is 19.7 Å². The molecule has 3 rings (SSSR count). The minimum absolute atomic E-state index is 0.0240. The molecule has 0 fully saturated rings. The van der Waals surface area contributed by atoms with Gasteiger partial charge in [0.15, 0.2) is 0 Å². The van der Waals surface area contributed by atoms with Gasteiger partial charge in [-0.25, -0.2) is 9.48 Å². The van der Waals surface area contributed by atoms with Gasteiger partial charge in [-0.1, -0.05) is 17.3 Å². The molecule has 10 heteroatoms. The van der Waals surface area contributed by atoms with Crippen molar-refractivity contribution in [1.82, 2.24) is 25.0 Å². The zero-order valence-corrected chi connectivity index (χ0v) is 15.8. The standard InChI is InChI=1S/C18H21N5O5/c1-18(2,3)22(17(26)27)11-12-10-21(20-19-12)8-9-28-23-15(24)13-6-4-5-7-14(13)16(23)25/h4-7,10H,8-9,11H2,1-3H3,(H,26,27). The summed E-state index contributed by atoms with van der Waals surface area (Å²) in [6.07, 6.45) is 0.559. The van der Waals surface area contributed by atoms with Gasteiger partial charge in [-0.3, -0.25) is 19.3 Å². The van der Waals surface area contributed by atoms with Crippen LogP contribution in [0.25, 0.3) is 0 Å². The highest BCUT2D eigenvalue weighted by atomic mass is 16.7. The van der Waals surface area contributed by atoms with Crippen LogP contribution < -0.4 is 0 Å². The summed E-state index contributed by atoms with van der Waals surface area (Å²) in [4.78, 5) is 42.4. The molecule has 10 nitrogen and oxygen atoms in total. The van der Waals surface area contributed by atoms with Crippen LogP contribution in [-0.4, -0.2) is 60.1 Å². The molecule has 0 atom stereocenters. The van der Waals surface area contributed by atoms with Crippen molar-refractivity contribution in [2.24, 2.45) is 0 Å². The normalized spacial score (nSPS) is 13.8. The van der Waals surface area contributed by atoms with E-state index < -0.39 is 23.4 Å². The Morgan fingerprint density at radius 3 is 2.32 bits per heavy atom. The Morgan fingerprint density at radius 2 is 1.79 bits per heavy atom. The van der Waals surface area contributed by atoms with E-state index in [9.17, 15) is 19.5 Å². The van der Waals surface area contributed by atoms with Gasteiger partial charge in [-0.05, 0) is 32.9 Å². The minimum Gasteiger partial charge on any atom is -0.465 e. The van der Waals surface area contributed by atoms with E-state index in [2.05, 4.69) is 10.3 Å². The molecule has 0 saturated carbocycles. The zero-order chi connectivity index (χ0) is 20.5. The quantitative estimate of drug-likeness (QED) is 0.751. The molecule has 2 aromatic rings. The third kappa shape index (κ3) is 3.86. The van der Waals surface area contributed by atoms with E-state index in [1.54, 1.807) is 51.2 Å². The first-order valence-corrected chi connectivity index (χ1v) is 8.69. The molecule has 1 aliphatic rings. The lowest BCUT2D eigenvalue weighted by molar-refractivity contribution is -0.0941. The van der Waals surface area contributed by atoms with E-state index in [4.69, 9.17) is 4.84 Å². The second-order valence-electron chi connectivity index (χ2n) is 7.30. The van der Waals surface area contributed by atoms with Crippen LogP contribution in [-0.2, 0) is 17.9 Å². The summed E-state index contributed by atoms with van der Waals surface area (Å²) in [5.41, 5.74) is 0.528. The fourth-order valence-electron chi connectivity index (χ4n) is 2.78. The van der Waals surface area contributed by atoms with E-state index in [0.717, 1.165) is 5.06 Å². The van der Waals surface area contributed by atoms with Crippen LogP contribution in [0.2, 0.25) is 0 Å². The number of hydroxylamine groups is 2. The van der Waals surface area contributed by atoms with Crippen molar-refractivity contribution in [2.75, 3.05) is 6.61 Å². The first-order valence-electron chi connectivity index (χ1n) is 8.69. The molecule has 0 bridgehead atoms. The largest absolute Gasteiger partial charge is 0.465 e. The summed E-state index contributed by atoms with van der Waals surface area (Å²) in [6.45, 7) is 5.74. The van der Waals surface area contributed by atoms with Crippen molar-refractivity contribution < 1.29 is 24.3 Å². The van der Waals surface area contributed by atoms with Gasteiger partial charge in [0, 0.05) is 5.54 Å². The van der Waals surface area contributed by atoms with Crippen molar-refractivity contribution in [3.8, 4) is 0 Å². The van der Waals surface area contributed by atoms with Gasteiger partial charge < -0.3 is 5.11 Å². The number of carboxylic acid groups (broad SMARTS) is 1. The Hall–Kier alpha value is -3.27. The van der Waals surface area contributed by atoms with E-state index >= 15 is 0 Å². The van der Waals surface area contributed by atoms with E-state index in [1.807, 2.05) is 0 Å². The molecule has 0 radical (unpaired) electrons. The Labute approximate surface area is 161 Å². The Kier molecular flexibility index (Phi) is 5.14. The number of aromatic nitrogens is 3. The predicted octanol–water partition coefficient (Wildman–Crippen LogP) is 1.78. The van der Waals surface area contributed by atoms with Crippen molar-refractivity contribution in [2.45, 2.75) is 39.4 Å². The van der Waals surface area contributed by atoms with Gasteiger partial charge in [0.05, 0.1) is 37.0 Å². The third-order valence-electron chi connectivity index (χ3n) is 4.24. The molecular formula is C18H21N5O5. The second-order valence-corrected chi connectivity index (χ2v) is 7.30. The fraction of sp³-hybridized carbons (Fsp3) is 0.389. The molecule has 148 valence electrons. The number of amides is 3. The van der Waals surface area contributed by atoms with Crippen molar-refractivity contribution in [3.63, 3.8) is 0 Å². The highest BCUT2D eigenvalue weighted by molar-refractivity contribution is 6.20. The lowest BCUT2D eigenvalue weighted by Gasteiger charge is -2.32. The van der Waals surface area contributed by atoms with Crippen LogP contribution in [0.3, 0.4) is 0 Å². The van der Waals surface area contributed by atoms with Gasteiger partial charge in [0.1, 0.15) is 5.69 Å². The molecular weight excluding hydrogens is 366 g/mol. The smallest absolute Gasteiger partial charge is 0.408 e. The van der Waals surface area contributed by atoms with Crippen LogP contribution in [0.15, 0.2) is 30.5 Å². The molecule has 1 aromatic heterocycles.